The lowest BCUT2D eigenvalue weighted by molar-refractivity contribution is 0.0719. The minimum absolute atomic E-state index is 0.120. The van der Waals surface area contributed by atoms with Crippen LogP contribution in [-0.2, 0) is 13.5 Å². The molecule has 1 aliphatic heterocycles. The molecule has 8 heteroatoms. The predicted octanol–water partition coefficient (Wildman–Crippen LogP) is 2.70. The van der Waals surface area contributed by atoms with E-state index in [-0.39, 0.29) is 11.9 Å². The van der Waals surface area contributed by atoms with Crippen LogP contribution in [0.15, 0.2) is 23.7 Å². The highest BCUT2D eigenvalue weighted by Gasteiger charge is 2.26. The lowest BCUT2D eigenvalue weighted by Crippen LogP contribution is -2.45. The third-order valence-corrected chi connectivity index (χ3v) is 5.59. The van der Waals surface area contributed by atoms with E-state index in [1.54, 1.807) is 10.9 Å². The van der Waals surface area contributed by atoms with Gasteiger partial charge in [0.2, 0.25) is 0 Å². The van der Waals surface area contributed by atoms with Crippen molar-refractivity contribution < 1.29 is 4.79 Å². The second kappa shape index (κ2) is 7.03. The molecule has 26 heavy (non-hydrogen) atoms. The van der Waals surface area contributed by atoms with Crippen LogP contribution in [0.1, 0.15) is 35.3 Å². The SMILES string of the molecule is CCc1nc(NC2CCCN(C(=O)c3cccs3)C2)c2cnn(C)c2n1. The zero-order valence-electron chi connectivity index (χ0n) is 15.0. The number of likely N-dealkylation sites (tertiary alicyclic amines) is 1. The van der Waals surface area contributed by atoms with Gasteiger partial charge in [0.05, 0.1) is 16.5 Å². The zero-order valence-corrected chi connectivity index (χ0v) is 15.8. The first-order valence-corrected chi connectivity index (χ1v) is 9.81. The number of amides is 1. The maximum atomic E-state index is 12.6. The molecule has 3 aromatic heterocycles. The number of carbonyl (C=O) groups is 1. The number of aromatic nitrogens is 4. The van der Waals surface area contributed by atoms with Gasteiger partial charge in [-0.25, -0.2) is 9.97 Å². The molecule has 1 aliphatic rings. The number of hydrogen-bond donors (Lipinski definition) is 1. The van der Waals surface area contributed by atoms with Gasteiger partial charge in [-0.3, -0.25) is 9.48 Å². The minimum atomic E-state index is 0.120. The Morgan fingerprint density at radius 1 is 1.42 bits per heavy atom. The molecule has 4 rings (SSSR count). The third-order valence-electron chi connectivity index (χ3n) is 4.74. The summed E-state index contributed by atoms with van der Waals surface area (Å²) in [7, 11) is 1.89. The van der Waals surface area contributed by atoms with Gasteiger partial charge in [0.25, 0.3) is 5.91 Å². The van der Waals surface area contributed by atoms with Gasteiger partial charge in [-0.15, -0.1) is 11.3 Å². The number of anilines is 1. The van der Waals surface area contributed by atoms with Gasteiger partial charge >= 0.3 is 0 Å². The van der Waals surface area contributed by atoms with Crippen LogP contribution in [-0.4, -0.2) is 49.7 Å². The highest BCUT2D eigenvalue weighted by molar-refractivity contribution is 7.12. The fourth-order valence-electron chi connectivity index (χ4n) is 3.36. The van der Waals surface area contributed by atoms with Crippen molar-refractivity contribution in [2.24, 2.45) is 7.05 Å². The molecule has 4 heterocycles. The molecule has 1 N–H and O–H groups in total. The van der Waals surface area contributed by atoms with Crippen LogP contribution in [0.5, 0.6) is 0 Å². The van der Waals surface area contributed by atoms with E-state index in [0.29, 0.717) is 6.54 Å². The smallest absolute Gasteiger partial charge is 0.263 e. The molecule has 136 valence electrons. The molecule has 3 aromatic rings. The highest BCUT2D eigenvalue weighted by Crippen LogP contribution is 2.24. The Labute approximate surface area is 156 Å². The van der Waals surface area contributed by atoms with Crippen molar-refractivity contribution in [3.05, 3.63) is 34.4 Å². The molecular weight excluding hydrogens is 348 g/mol. The summed E-state index contributed by atoms with van der Waals surface area (Å²) in [6.07, 6.45) is 4.57. The summed E-state index contributed by atoms with van der Waals surface area (Å²) in [6, 6.07) is 3.99. The number of nitrogens with zero attached hydrogens (tertiary/aromatic N) is 5. The van der Waals surface area contributed by atoms with Gasteiger partial charge in [0, 0.05) is 32.6 Å². The van der Waals surface area contributed by atoms with Gasteiger partial charge in [0.1, 0.15) is 11.6 Å². The van der Waals surface area contributed by atoms with E-state index in [1.165, 1.54) is 11.3 Å². The van der Waals surface area contributed by atoms with Gasteiger partial charge in [-0.2, -0.15) is 5.10 Å². The average Bonchev–Trinajstić information content (AvgIpc) is 3.32. The van der Waals surface area contributed by atoms with E-state index < -0.39 is 0 Å². The molecule has 0 aromatic carbocycles. The van der Waals surface area contributed by atoms with E-state index >= 15 is 0 Å². The van der Waals surface area contributed by atoms with E-state index in [9.17, 15) is 4.79 Å². The largest absolute Gasteiger partial charge is 0.365 e. The van der Waals surface area contributed by atoms with E-state index in [2.05, 4.69) is 20.4 Å². The minimum Gasteiger partial charge on any atom is -0.365 e. The quantitative estimate of drug-likeness (QED) is 0.764. The van der Waals surface area contributed by atoms with Crippen LogP contribution in [0.2, 0.25) is 0 Å². The Morgan fingerprint density at radius 2 is 2.31 bits per heavy atom. The van der Waals surface area contributed by atoms with E-state index in [1.807, 2.05) is 36.4 Å². The molecule has 0 bridgehead atoms. The van der Waals surface area contributed by atoms with Gasteiger partial charge in [-0.1, -0.05) is 13.0 Å². The summed E-state index contributed by atoms with van der Waals surface area (Å²) in [6.45, 7) is 3.54. The fraction of sp³-hybridized carbons (Fsp3) is 0.444. The topological polar surface area (TPSA) is 75.9 Å². The number of nitrogens with one attached hydrogen (secondary N) is 1. The number of carbonyl (C=O) groups excluding carboxylic acids is 1. The maximum Gasteiger partial charge on any atom is 0.263 e. The predicted molar refractivity (Wildman–Crippen MR) is 103 cm³/mol. The molecule has 0 spiro atoms. The number of aryl methyl sites for hydroxylation is 2. The van der Waals surface area contributed by atoms with Crippen molar-refractivity contribution in [2.45, 2.75) is 32.2 Å². The molecule has 7 nitrogen and oxygen atoms in total. The summed E-state index contributed by atoms with van der Waals surface area (Å²) >= 11 is 1.50. The molecule has 0 radical (unpaired) electrons. The van der Waals surface area contributed by atoms with Crippen LogP contribution in [0.4, 0.5) is 5.82 Å². The van der Waals surface area contributed by atoms with Crippen molar-refractivity contribution in [1.29, 1.82) is 0 Å². The Balaban J connectivity index is 1.55. The third kappa shape index (κ3) is 3.16. The Kier molecular flexibility index (Phi) is 4.58. The lowest BCUT2D eigenvalue weighted by atomic mass is 10.1. The van der Waals surface area contributed by atoms with Crippen molar-refractivity contribution in [3.63, 3.8) is 0 Å². The van der Waals surface area contributed by atoms with Gasteiger partial charge in [0.15, 0.2) is 5.65 Å². The molecule has 0 saturated carbocycles. The number of thiophene rings is 1. The lowest BCUT2D eigenvalue weighted by Gasteiger charge is -2.33. The normalized spacial score (nSPS) is 17.6. The van der Waals surface area contributed by atoms with E-state index in [4.69, 9.17) is 0 Å². The summed E-state index contributed by atoms with van der Waals surface area (Å²) in [5, 5.41) is 10.7. The molecule has 1 saturated heterocycles. The summed E-state index contributed by atoms with van der Waals surface area (Å²) < 4.78 is 1.77. The van der Waals surface area contributed by atoms with Gasteiger partial charge < -0.3 is 10.2 Å². The first kappa shape index (κ1) is 17.0. The molecule has 1 unspecified atom stereocenters. The Hall–Kier alpha value is -2.48. The Morgan fingerprint density at radius 3 is 3.08 bits per heavy atom. The number of piperidine rings is 1. The first-order valence-electron chi connectivity index (χ1n) is 8.93. The van der Waals surface area contributed by atoms with Crippen LogP contribution in [0.3, 0.4) is 0 Å². The fourth-order valence-corrected chi connectivity index (χ4v) is 4.06. The van der Waals surface area contributed by atoms with Crippen LogP contribution in [0, 0.1) is 0 Å². The van der Waals surface area contributed by atoms with Crippen molar-refractivity contribution in [3.8, 4) is 0 Å². The van der Waals surface area contributed by atoms with Crippen LogP contribution < -0.4 is 5.32 Å². The monoisotopic (exact) mass is 370 g/mol. The molecule has 1 atom stereocenters. The van der Waals surface area contributed by atoms with Crippen molar-refractivity contribution in [1.82, 2.24) is 24.6 Å². The van der Waals surface area contributed by atoms with Crippen molar-refractivity contribution in [2.75, 3.05) is 18.4 Å². The van der Waals surface area contributed by atoms with Crippen LogP contribution >= 0.6 is 11.3 Å². The molecule has 1 amide bonds. The second-order valence-electron chi connectivity index (χ2n) is 6.56. The molecule has 0 aliphatic carbocycles. The number of hydrogen-bond acceptors (Lipinski definition) is 6. The first-order chi connectivity index (χ1) is 12.7. The summed E-state index contributed by atoms with van der Waals surface area (Å²) in [5.41, 5.74) is 0.835. The zero-order chi connectivity index (χ0) is 18.1. The standard InChI is InChI=1S/C18H22N6OS/c1-3-15-21-16(13-10-19-23(2)17(13)22-15)20-12-6-4-8-24(11-12)18(25)14-7-5-9-26-14/h5,7,9-10,12H,3-4,6,8,11H2,1-2H3,(H,20,21,22). The maximum absolute atomic E-state index is 12.6. The molecular formula is C18H22N6OS. The summed E-state index contributed by atoms with van der Waals surface area (Å²) in [4.78, 5) is 24.6. The number of fused-ring (bicyclic) bond motifs is 1. The van der Waals surface area contributed by atoms with Crippen molar-refractivity contribution >= 4 is 34.1 Å². The van der Waals surface area contributed by atoms with Gasteiger partial charge in [-0.05, 0) is 24.3 Å². The molecule has 1 fully saturated rings. The highest BCUT2D eigenvalue weighted by atomic mass is 32.1. The van der Waals surface area contributed by atoms with E-state index in [0.717, 1.165) is 53.4 Å². The Bertz CT molecular complexity index is 919. The summed E-state index contributed by atoms with van der Waals surface area (Å²) in [5.74, 6) is 1.73. The van der Waals surface area contributed by atoms with Crippen LogP contribution in [0.25, 0.3) is 11.0 Å². The second-order valence-corrected chi connectivity index (χ2v) is 7.51. The number of rotatable bonds is 4. The average molecular weight is 370 g/mol.